The third-order valence-corrected chi connectivity index (χ3v) is 6.74. The van der Waals surface area contributed by atoms with Gasteiger partial charge in [-0.05, 0) is 60.8 Å². The van der Waals surface area contributed by atoms with Crippen LogP contribution in [0.15, 0.2) is 106 Å². The highest BCUT2D eigenvalue weighted by atomic mass is 32.1. The molecule has 1 aliphatic carbocycles. The lowest BCUT2D eigenvalue weighted by Gasteiger charge is -2.37. The van der Waals surface area contributed by atoms with E-state index in [-0.39, 0.29) is 17.2 Å². The number of carbonyl (C=O) groups is 1. The minimum absolute atomic E-state index is 0.160. The van der Waals surface area contributed by atoms with E-state index in [4.69, 9.17) is 12.2 Å². The van der Waals surface area contributed by atoms with Gasteiger partial charge in [-0.15, -0.1) is 10.2 Å². The SMILES string of the molecule is Cc1ccc(C2C3=C(CC(C)(C)CC3=O)N(C(=S)N=Nc3ccccc3)N2c2ccccc2)cc1. The molecule has 3 aromatic rings. The van der Waals surface area contributed by atoms with Crippen LogP contribution >= 0.6 is 12.2 Å². The first-order chi connectivity index (χ1) is 16.8. The number of ketones is 1. The fourth-order valence-corrected chi connectivity index (χ4v) is 5.15. The zero-order chi connectivity index (χ0) is 24.6. The molecule has 0 saturated carbocycles. The van der Waals surface area contributed by atoms with Crippen molar-refractivity contribution in [1.29, 1.82) is 0 Å². The molecule has 5 nitrogen and oxygen atoms in total. The summed E-state index contributed by atoms with van der Waals surface area (Å²) >= 11 is 5.87. The van der Waals surface area contributed by atoms with E-state index in [0.717, 1.165) is 34.6 Å². The van der Waals surface area contributed by atoms with Crippen molar-refractivity contribution in [3.8, 4) is 0 Å². The number of aryl methyl sites for hydroxylation is 1. The number of para-hydroxylation sites is 1. The van der Waals surface area contributed by atoms with Gasteiger partial charge in [0.15, 0.2) is 5.78 Å². The smallest absolute Gasteiger partial charge is 0.239 e. The molecule has 1 heterocycles. The molecule has 1 unspecified atom stereocenters. The maximum absolute atomic E-state index is 13.7. The van der Waals surface area contributed by atoms with E-state index in [0.29, 0.717) is 11.5 Å². The highest BCUT2D eigenvalue weighted by Crippen LogP contribution is 2.51. The molecule has 176 valence electrons. The molecule has 0 amide bonds. The molecular weight excluding hydrogens is 452 g/mol. The van der Waals surface area contributed by atoms with Crippen LogP contribution in [0.5, 0.6) is 0 Å². The Labute approximate surface area is 211 Å². The lowest BCUT2D eigenvalue weighted by Crippen LogP contribution is -2.42. The summed E-state index contributed by atoms with van der Waals surface area (Å²) < 4.78 is 0. The maximum atomic E-state index is 13.7. The Hall–Kier alpha value is -3.64. The molecule has 1 aliphatic heterocycles. The van der Waals surface area contributed by atoms with E-state index >= 15 is 0 Å². The molecule has 0 aromatic heterocycles. The van der Waals surface area contributed by atoms with Crippen molar-refractivity contribution in [2.45, 2.75) is 39.7 Å². The zero-order valence-corrected chi connectivity index (χ0v) is 21.0. The number of anilines is 1. The van der Waals surface area contributed by atoms with Crippen molar-refractivity contribution in [2.24, 2.45) is 15.6 Å². The van der Waals surface area contributed by atoms with E-state index in [2.05, 4.69) is 60.3 Å². The molecule has 2 aliphatic rings. The Morgan fingerprint density at radius 1 is 0.914 bits per heavy atom. The topological polar surface area (TPSA) is 48.3 Å². The van der Waals surface area contributed by atoms with E-state index in [1.807, 2.05) is 65.7 Å². The van der Waals surface area contributed by atoms with Gasteiger partial charge in [0.2, 0.25) is 5.11 Å². The van der Waals surface area contributed by atoms with Crippen LogP contribution in [0.2, 0.25) is 0 Å². The quantitative estimate of drug-likeness (QED) is 0.288. The summed E-state index contributed by atoms with van der Waals surface area (Å²) in [7, 11) is 0. The Balaban J connectivity index is 1.67. The Kier molecular flexibility index (Phi) is 6.07. The summed E-state index contributed by atoms with van der Waals surface area (Å²) in [5, 5.41) is 13.2. The van der Waals surface area contributed by atoms with Crippen molar-refractivity contribution < 1.29 is 4.79 Å². The fraction of sp³-hybridized carbons (Fsp3) is 0.241. The molecule has 5 rings (SSSR count). The first-order valence-corrected chi connectivity index (χ1v) is 12.2. The summed E-state index contributed by atoms with van der Waals surface area (Å²) in [6, 6.07) is 27.7. The summed E-state index contributed by atoms with van der Waals surface area (Å²) in [6.45, 7) is 6.33. The summed E-state index contributed by atoms with van der Waals surface area (Å²) in [5.74, 6) is 0.160. The molecular formula is C29H28N4OS. The van der Waals surface area contributed by atoms with Crippen LogP contribution in [0.25, 0.3) is 0 Å². The molecule has 6 heteroatoms. The van der Waals surface area contributed by atoms with E-state index in [9.17, 15) is 4.79 Å². The number of thiocarbonyl (C=S) groups is 1. The summed E-state index contributed by atoms with van der Waals surface area (Å²) in [4.78, 5) is 13.7. The molecule has 1 atom stereocenters. The first kappa shape index (κ1) is 23.1. The van der Waals surface area contributed by atoms with Crippen LogP contribution in [0.4, 0.5) is 11.4 Å². The summed E-state index contributed by atoms with van der Waals surface area (Å²) in [5.41, 5.74) is 5.43. The monoisotopic (exact) mass is 480 g/mol. The van der Waals surface area contributed by atoms with Gasteiger partial charge in [0.05, 0.1) is 17.1 Å². The van der Waals surface area contributed by atoms with Gasteiger partial charge >= 0.3 is 0 Å². The molecule has 0 bridgehead atoms. The van der Waals surface area contributed by atoms with E-state index in [1.165, 1.54) is 5.56 Å². The predicted octanol–water partition coefficient (Wildman–Crippen LogP) is 7.49. The van der Waals surface area contributed by atoms with Crippen LogP contribution < -0.4 is 5.01 Å². The number of benzene rings is 3. The van der Waals surface area contributed by atoms with Gasteiger partial charge in [-0.1, -0.05) is 80.1 Å². The van der Waals surface area contributed by atoms with Crippen LogP contribution in [-0.2, 0) is 4.79 Å². The zero-order valence-electron chi connectivity index (χ0n) is 20.2. The van der Waals surface area contributed by atoms with E-state index in [1.54, 1.807) is 0 Å². The normalized spacial score (nSPS) is 19.4. The van der Waals surface area contributed by atoms with Crippen molar-refractivity contribution >= 4 is 34.5 Å². The van der Waals surface area contributed by atoms with Crippen LogP contribution in [0.3, 0.4) is 0 Å². The van der Waals surface area contributed by atoms with Gasteiger partial charge in [0.1, 0.15) is 6.04 Å². The largest absolute Gasteiger partial charge is 0.294 e. The predicted molar refractivity (Wildman–Crippen MR) is 143 cm³/mol. The van der Waals surface area contributed by atoms with Gasteiger partial charge in [-0.25, -0.2) is 5.01 Å². The first-order valence-electron chi connectivity index (χ1n) is 11.8. The third kappa shape index (κ3) is 4.54. The standard InChI is InChI=1S/C29H28N4OS/c1-20-14-16-21(17-15-20)27-26-24(18-29(2,3)19-25(26)34)33(32(27)23-12-8-5-9-13-23)28(35)31-30-22-10-6-4-7-11-22/h4-17,27H,18-19H2,1-3H3. The number of Topliss-reactive ketones (excluding diaryl/α,β-unsaturated/α-hetero) is 1. The van der Waals surface area contributed by atoms with Gasteiger partial charge in [-0.2, -0.15) is 0 Å². The second-order valence-corrected chi connectivity index (χ2v) is 10.3. The number of hydrazine groups is 1. The molecule has 35 heavy (non-hydrogen) atoms. The van der Waals surface area contributed by atoms with Crippen molar-refractivity contribution in [2.75, 3.05) is 5.01 Å². The Morgan fingerprint density at radius 2 is 1.54 bits per heavy atom. The molecule has 0 fully saturated rings. The van der Waals surface area contributed by atoms with Gasteiger partial charge in [0.25, 0.3) is 0 Å². The second kappa shape index (κ2) is 9.19. The lowest BCUT2D eigenvalue weighted by atomic mass is 9.74. The van der Waals surface area contributed by atoms with Crippen LogP contribution in [0, 0.1) is 12.3 Å². The minimum atomic E-state index is -0.290. The number of hydrogen-bond donors (Lipinski definition) is 0. The van der Waals surface area contributed by atoms with Crippen molar-refractivity contribution in [1.82, 2.24) is 5.01 Å². The molecule has 0 radical (unpaired) electrons. The number of carbonyl (C=O) groups excluding carboxylic acids is 1. The van der Waals surface area contributed by atoms with Crippen molar-refractivity contribution in [3.05, 3.63) is 107 Å². The minimum Gasteiger partial charge on any atom is -0.294 e. The lowest BCUT2D eigenvalue weighted by molar-refractivity contribution is -0.118. The Bertz CT molecular complexity index is 1310. The number of allylic oxidation sites excluding steroid dienone is 1. The number of hydrogen-bond acceptors (Lipinski definition) is 4. The van der Waals surface area contributed by atoms with Crippen LogP contribution in [0.1, 0.15) is 43.9 Å². The van der Waals surface area contributed by atoms with Gasteiger partial charge < -0.3 is 0 Å². The molecule has 0 saturated heterocycles. The van der Waals surface area contributed by atoms with Crippen molar-refractivity contribution in [3.63, 3.8) is 0 Å². The highest BCUT2D eigenvalue weighted by Gasteiger charge is 2.49. The molecule has 3 aromatic carbocycles. The Morgan fingerprint density at radius 3 is 2.20 bits per heavy atom. The number of azo groups is 1. The van der Waals surface area contributed by atoms with Gasteiger partial charge in [0, 0.05) is 12.0 Å². The van der Waals surface area contributed by atoms with E-state index < -0.39 is 0 Å². The summed E-state index contributed by atoms with van der Waals surface area (Å²) in [6.07, 6.45) is 1.23. The van der Waals surface area contributed by atoms with Gasteiger partial charge in [-0.3, -0.25) is 9.80 Å². The fourth-order valence-electron chi connectivity index (χ4n) is 4.92. The molecule has 0 spiro atoms. The number of rotatable bonds is 3. The maximum Gasteiger partial charge on any atom is 0.239 e. The van der Waals surface area contributed by atoms with Crippen LogP contribution in [-0.4, -0.2) is 15.9 Å². The highest BCUT2D eigenvalue weighted by molar-refractivity contribution is 7.80. The second-order valence-electron chi connectivity index (χ2n) is 9.92. The average molecular weight is 481 g/mol. The third-order valence-electron chi connectivity index (χ3n) is 6.49. The molecule has 0 N–H and O–H groups in total. The average Bonchev–Trinajstić information content (AvgIpc) is 3.18. The number of nitrogens with zero attached hydrogens (tertiary/aromatic N) is 4.